The fraction of sp³-hybridized carbons (Fsp3) is 0.200. The van der Waals surface area contributed by atoms with Crippen LogP contribution in [-0.2, 0) is 6.54 Å². The lowest BCUT2D eigenvalue weighted by Gasteiger charge is -2.12. The zero-order valence-electron chi connectivity index (χ0n) is 11.0. The van der Waals surface area contributed by atoms with Crippen LogP contribution in [0.25, 0.3) is 0 Å². The molecule has 0 aliphatic rings. The Morgan fingerprint density at radius 2 is 2.20 bits per heavy atom. The van der Waals surface area contributed by atoms with Crippen LogP contribution in [0.5, 0.6) is 5.75 Å². The van der Waals surface area contributed by atoms with E-state index in [9.17, 15) is 5.26 Å². The van der Waals surface area contributed by atoms with Gasteiger partial charge in [0.15, 0.2) is 0 Å². The summed E-state index contributed by atoms with van der Waals surface area (Å²) in [5.41, 5.74) is 1.20. The molecule has 0 saturated carbocycles. The van der Waals surface area contributed by atoms with Crippen LogP contribution in [-0.4, -0.2) is 7.11 Å². The molecular weight excluding hydrogens is 270 g/mol. The van der Waals surface area contributed by atoms with Gasteiger partial charge in [-0.05, 0) is 29.1 Å². The van der Waals surface area contributed by atoms with Crippen molar-refractivity contribution in [3.63, 3.8) is 0 Å². The normalized spacial score (nSPS) is 11.3. The molecule has 1 N–H and O–H groups in total. The van der Waals surface area contributed by atoms with Crippen molar-refractivity contribution in [2.45, 2.75) is 12.6 Å². The molecule has 1 aromatic heterocycles. The molecule has 0 saturated heterocycles. The number of nitriles is 2. The Labute approximate surface area is 121 Å². The number of ether oxygens (including phenoxy) is 1. The molecule has 5 heteroatoms. The van der Waals surface area contributed by atoms with Gasteiger partial charge in [-0.3, -0.25) is 5.32 Å². The summed E-state index contributed by atoms with van der Waals surface area (Å²) in [5.74, 6) is 0.520. The van der Waals surface area contributed by atoms with E-state index < -0.39 is 6.04 Å². The molecule has 1 heterocycles. The average Bonchev–Trinajstić information content (AvgIpc) is 3.01. The predicted octanol–water partition coefficient (Wildman–Crippen LogP) is 2.98. The van der Waals surface area contributed by atoms with Crippen molar-refractivity contribution in [2.24, 2.45) is 0 Å². The minimum atomic E-state index is -0.449. The summed E-state index contributed by atoms with van der Waals surface area (Å²) in [6.07, 6.45) is 0. The minimum Gasteiger partial charge on any atom is -0.495 e. The van der Waals surface area contributed by atoms with Crippen molar-refractivity contribution in [1.29, 1.82) is 10.5 Å². The standard InChI is InChI=1S/C15H13N3OS/c1-19-15-5-4-11(7-12(15)8-16)14(9-17)18-10-13-3-2-6-20-13/h2-7,14,18H,10H2,1H3. The largest absolute Gasteiger partial charge is 0.495 e. The number of hydrogen-bond acceptors (Lipinski definition) is 5. The average molecular weight is 283 g/mol. The Kier molecular flexibility index (Phi) is 4.73. The number of rotatable bonds is 5. The third kappa shape index (κ3) is 3.16. The maximum absolute atomic E-state index is 9.27. The van der Waals surface area contributed by atoms with Gasteiger partial charge >= 0.3 is 0 Å². The van der Waals surface area contributed by atoms with Gasteiger partial charge in [0.05, 0.1) is 18.7 Å². The van der Waals surface area contributed by atoms with Crippen LogP contribution < -0.4 is 10.1 Å². The first kappa shape index (κ1) is 14.1. The number of thiophene rings is 1. The van der Waals surface area contributed by atoms with Crippen molar-refractivity contribution in [2.75, 3.05) is 7.11 Å². The lowest BCUT2D eigenvalue weighted by Crippen LogP contribution is -2.19. The number of benzene rings is 1. The van der Waals surface area contributed by atoms with Gasteiger partial charge in [0, 0.05) is 11.4 Å². The molecule has 0 aliphatic carbocycles. The van der Waals surface area contributed by atoms with Crippen molar-refractivity contribution < 1.29 is 4.74 Å². The summed E-state index contributed by atoms with van der Waals surface area (Å²) >= 11 is 1.64. The molecule has 0 aliphatic heterocycles. The summed E-state index contributed by atoms with van der Waals surface area (Å²) in [7, 11) is 1.52. The Morgan fingerprint density at radius 1 is 1.35 bits per heavy atom. The van der Waals surface area contributed by atoms with E-state index in [0.29, 0.717) is 17.9 Å². The van der Waals surface area contributed by atoms with Crippen LogP contribution in [0.15, 0.2) is 35.7 Å². The van der Waals surface area contributed by atoms with Crippen molar-refractivity contribution >= 4 is 11.3 Å². The maximum Gasteiger partial charge on any atom is 0.136 e. The van der Waals surface area contributed by atoms with Crippen LogP contribution in [0.3, 0.4) is 0 Å². The minimum absolute atomic E-state index is 0.433. The molecule has 100 valence electrons. The summed E-state index contributed by atoms with van der Waals surface area (Å²) in [5, 5.41) is 23.5. The molecule has 0 bridgehead atoms. The molecule has 4 nitrogen and oxygen atoms in total. The zero-order chi connectivity index (χ0) is 14.4. The van der Waals surface area contributed by atoms with Gasteiger partial charge in [-0.2, -0.15) is 10.5 Å². The summed E-state index contributed by atoms with van der Waals surface area (Å²) < 4.78 is 5.10. The zero-order valence-corrected chi connectivity index (χ0v) is 11.8. The van der Waals surface area contributed by atoms with E-state index in [0.717, 1.165) is 5.56 Å². The molecule has 20 heavy (non-hydrogen) atoms. The second-order valence-electron chi connectivity index (χ2n) is 4.09. The Balaban J connectivity index is 2.15. The van der Waals surface area contributed by atoms with E-state index in [4.69, 9.17) is 10.00 Å². The predicted molar refractivity (Wildman–Crippen MR) is 77.2 cm³/mol. The van der Waals surface area contributed by atoms with E-state index in [1.54, 1.807) is 29.5 Å². The summed E-state index contributed by atoms with van der Waals surface area (Å²) in [6, 6.07) is 13.0. The fourth-order valence-electron chi connectivity index (χ4n) is 1.85. The fourth-order valence-corrected chi connectivity index (χ4v) is 2.50. The van der Waals surface area contributed by atoms with Crippen molar-refractivity contribution in [1.82, 2.24) is 5.32 Å². The molecular formula is C15H13N3OS. The highest BCUT2D eigenvalue weighted by Gasteiger charge is 2.13. The third-order valence-electron chi connectivity index (χ3n) is 2.87. The quantitative estimate of drug-likeness (QED) is 0.916. The van der Waals surface area contributed by atoms with E-state index in [1.165, 1.54) is 12.0 Å². The van der Waals surface area contributed by atoms with Crippen LogP contribution >= 0.6 is 11.3 Å². The molecule has 0 amide bonds. The molecule has 2 aromatic rings. The summed E-state index contributed by atoms with van der Waals surface area (Å²) in [4.78, 5) is 1.17. The second kappa shape index (κ2) is 6.72. The van der Waals surface area contributed by atoms with E-state index in [-0.39, 0.29) is 0 Å². The van der Waals surface area contributed by atoms with Gasteiger partial charge in [0.25, 0.3) is 0 Å². The summed E-state index contributed by atoms with van der Waals surface area (Å²) in [6.45, 7) is 0.629. The molecule has 1 unspecified atom stereocenters. The van der Waals surface area contributed by atoms with Gasteiger partial charge in [-0.25, -0.2) is 0 Å². The van der Waals surface area contributed by atoms with Crippen molar-refractivity contribution in [3.05, 3.63) is 51.7 Å². The lowest BCUT2D eigenvalue weighted by atomic mass is 10.0. The SMILES string of the molecule is COc1ccc(C(C#N)NCc2cccs2)cc1C#N. The number of methoxy groups -OCH3 is 1. The van der Waals surface area contributed by atoms with Gasteiger partial charge in [-0.1, -0.05) is 12.1 Å². The van der Waals surface area contributed by atoms with Crippen LogP contribution in [0.1, 0.15) is 22.0 Å². The number of hydrogen-bond donors (Lipinski definition) is 1. The highest BCUT2D eigenvalue weighted by atomic mass is 32.1. The Hall–Kier alpha value is -2.34. The smallest absolute Gasteiger partial charge is 0.136 e. The third-order valence-corrected chi connectivity index (χ3v) is 3.74. The first-order valence-corrected chi connectivity index (χ1v) is 6.90. The number of nitrogens with one attached hydrogen (secondary N) is 1. The molecule has 0 spiro atoms. The Bertz CT molecular complexity index is 653. The first-order valence-electron chi connectivity index (χ1n) is 6.02. The van der Waals surface area contributed by atoms with Crippen LogP contribution in [0.2, 0.25) is 0 Å². The van der Waals surface area contributed by atoms with Gasteiger partial charge in [0.1, 0.15) is 17.9 Å². The maximum atomic E-state index is 9.27. The second-order valence-corrected chi connectivity index (χ2v) is 5.13. The monoisotopic (exact) mass is 283 g/mol. The van der Waals surface area contributed by atoms with Crippen molar-refractivity contribution in [3.8, 4) is 17.9 Å². The Morgan fingerprint density at radius 3 is 2.80 bits per heavy atom. The molecule has 1 atom stereocenters. The van der Waals surface area contributed by atoms with E-state index in [2.05, 4.69) is 17.5 Å². The highest BCUT2D eigenvalue weighted by Crippen LogP contribution is 2.23. The van der Waals surface area contributed by atoms with E-state index in [1.807, 2.05) is 17.5 Å². The topological polar surface area (TPSA) is 68.8 Å². The van der Waals surface area contributed by atoms with E-state index >= 15 is 0 Å². The van der Waals surface area contributed by atoms with Gasteiger partial charge in [-0.15, -0.1) is 11.3 Å². The van der Waals surface area contributed by atoms with Gasteiger partial charge in [0.2, 0.25) is 0 Å². The first-order chi connectivity index (χ1) is 9.78. The molecule has 0 fully saturated rings. The molecule has 2 rings (SSSR count). The lowest BCUT2D eigenvalue weighted by molar-refractivity contribution is 0.413. The van der Waals surface area contributed by atoms with Crippen LogP contribution in [0.4, 0.5) is 0 Å². The molecule has 0 radical (unpaired) electrons. The number of nitrogens with zero attached hydrogens (tertiary/aromatic N) is 2. The van der Waals surface area contributed by atoms with Crippen LogP contribution in [0, 0.1) is 22.7 Å². The van der Waals surface area contributed by atoms with Gasteiger partial charge < -0.3 is 4.74 Å². The molecule has 1 aromatic carbocycles. The highest BCUT2D eigenvalue weighted by molar-refractivity contribution is 7.09.